The molecule has 5 nitrogen and oxygen atoms in total. The largest absolute Gasteiger partial charge is 0.383 e. The Morgan fingerprint density at radius 2 is 2.54 bits per heavy atom. The van der Waals surface area contributed by atoms with Gasteiger partial charge in [0.25, 0.3) is 0 Å². The molecule has 0 saturated heterocycles. The molecular formula is C8H10N4O. The highest BCUT2D eigenvalue weighted by atomic mass is 16.5. The van der Waals surface area contributed by atoms with E-state index in [2.05, 4.69) is 15.3 Å². The summed E-state index contributed by atoms with van der Waals surface area (Å²) >= 11 is 0. The van der Waals surface area contributed by atoms with Crippen LogP contribution in [0.2, 0.25) is 0 Å². The van der Waals surface area contributed by atoms with Gasteiger partial charge in [-0.2, -0.15) is 5.26 Å². The highest BCUT2D eigenvalue weighted by Crippen LogP contribution is 2.06. The first kappa shape index (κ1) is 9.42. The molecule has 0 saturated carbocycles. The van der Waals surface area contributed by atoms with Gasteiger partial charge in [0.15, 0.2) is 0 Å². The number of nitrogens with zero attached hydrogens (tertiary/aromatic N) is 3. The zero-order chi connectivity index (χ0) is 9.52. The molecule has 0 aliphatic carbocycles. The summed E-state index contributed by atoms with van der Waals surface area (Å²) in [6, 6.07) is 1.99. The molecule has 13 heavy (non-hydrogen) atoms. The lowest BCUT2D eigenvalue weighted by Crippen LogP contribution is -2.10. The third-order valence-electron chi connectivity index (χ3n) is 1.43. The maximum Gasteiger partial charge on any atom is 0.147 e. The molecule has 0 atom stereocenters. The predicted molar refractivity (Wildman–Crippen MR) is 47.1 cm³/mol. The minimum atomic E-state index is 0.443. The van der Waals surface area contributed by atoms with Crippen molar-refractivity contribution in [3.63, 3.8) is 0 Å². The molecule has 1 N–H and O–H groups in total. The van der Waals surface area contributed by atoms with Gasteiger partial charge in [-0.3, -0.25) is 0 Å². The number of rotatable bonds is 4. The van der Waals surface area contributed by atoms with Crippen molar-refractivity contribution in [2.45, 2.75) is 0 Å². The minimum Gasteiger partial charge on any atom is -0.383 e. The number of aromatic nitrogens is 2. The highest BCUT2D eigenvalue weighted by Gasteiger charge is 2.00. The molecule has 0 spiro atoms. The maximum atomic E-state index is 8.67. The highest BCUT2D eigenvalue weighted by molar-refractivity contribution is 5.49. The first-order chi connectivity index (χ1) is 6.38. The van der Waals surface area contributed by atoms with E-state index in [9.17, 15) is 0 Å². The van der Waals surface area contributed by atoms with Gasteiger partial charge >= 0.3 is 0 Å². The van der Waals surface area contributed by atoms with Crippen LogP contribution in [0.25, 0.3) is 0 Å². The van der Waals surface area contributed by atoms with E-state index in [1.54, 1.807) is 7.11 Å². The van der Waals surface area contributed by atoms with Crippen molar-refractivity contribution < 1.29 is 4.74 Å². The SMILES string of the molecule is COCCNc1ncncc1C#N. The van der Waals surface area contributed by atoms with Gasteiger partial charge in [-0.25, -0.2) is 9.97 Å². The Hall–Kier alpha value is -1.67. The van der Waals surface area contributed by atoms with E-state index >= 15 is 0 Å². The van der Waals surface area contributed by atoms with Crippen LogP contribution in [0.15, 0.2) is 12.5 Å². The Kier molecular flexibility index (Phi) is 3.67. The summed E-state index contributed by atoms with van der Waals surface area (Å²) < 4.78 is 4.85. The van der Waals surface area contributed by atoms with Gasteiger partial charge in [-0.1, -0.05) is 0 Å². The molecule has 0 radical (unpaired) electrons. The van der Waals surface area contributed by atoms with E-state index in [0.717, 1.165) is 0 Å². The van der Waals surface area contributed by atoms with E-state index < -0.39 is 0 Å². The third-order valence-corrected chi connectivity index (χ3v) is 1.43. The zero-order valence-corrected chi connectivity index (χ0v) is 7.32. The first-order valence-corrected chi connectivity index (χ1v) is 3.81. The molecule has 0 amide bonds. The van der Waals surface area contributed by atoms with Crippen LogP contribution in [0.1, 0.15) is 5.56 Å². The van der Waals surface area contributed by atoms with Gasteiger partial charge in [0.2, 0.25) is 0 Å². The van der Waals surface area contributed by atoms with Crippen molar-refractivity contribution in [3.05, 3.63) is 18.1 Å². The van der Waals surface area contributed by atoms with Crippen LogP contribution in [0.5, 0.6) is 0 Å². The smallest absolute Gasteiger partial charge is 0.147 e. The van der Waals surface area contributed by atoms with Gasteiger partial charge in [0, 0.05) is 13.7 Å². The summed E-state index contributed by atoms with van der Waals surface area (Å²) in [6.45, 7) is 1.21. The third kappa shape index (κ3) is 2.69. The average molecular weight is 178 g/mol. The lowest BCUT2D eigenvalue weighted by atomic mass is 10.3. The lowest BCUT2D eigenvalue weighted by Gasteiger charge is -2.04. The van der Waals surface area contributed by atoms with Crippen LogP contribution in [0.3, 0.4) is 0 Å². The maximum absolute atomic E-state index is 8.67. The summed E-state index contributed by atoms with van der Waals surface area (Å²) in [4.78, 5) is 7.66. The van der Waals surface area contributed by atoms with Crippen molar-refractivity contribution in [1.82, 2.24) is 9.97 Å². The number of methoxy groups -OCH3 is 1. The van der Waals surface area contributed by atoms with Crippen molar-refractivity contribution in [2.75, 3.05) is 25.6 Å². The predicted octanol–water partition coefficient (Wildman–Crippen LogP) is 0.407. The van der Waals surface area contributed by atoms with Crippen LogP contribution < -0.4 is 5.32 Å². The van der Waals surface area contributed by atoms with Crippen molar-refractivity contribution in [1.29, 1.82) is 5.26 Å². The van der Waals surface area contributed by atoms with Gasteiger partial charge in [-0.05, 0) is 0 Å². The second-order valence-electron chi connectivity index (χ2n) is 2.32. The topological polar surface area (TPSA) is 70.8 Å². The van der Waals surface area contributed by atoms with E-state index in [1.165, 1.54) is 12.5 Å². The number of nitrogens with one attached hydrogen (secondary N) is 1. The van der Waals surface area contributed by atoms with E-state index in [-0.39, 0.29) is 0 Å². The Morgan fingerprint density at radius 1 is 1.69 bits per heavy atom. The van der Waals surface area contributed by atoms with Crippen molar-refractivity contribution >= 4 is 5.82 Å². The molecule has 0 aromatic carbocycles. The second kappa shape index (κ2) is 5.06. The van der Waals surface area contributed by atoms with Crippen molar-refractivity contribution in [2.24, 2.45) is 0 Å². The molecule has 1 rings (SSSR count). The number of hydrogen-bond acceptors (Lipinski definition) is 5. The van der Waals surface area contributed by atoms with Crippen LogP contribution in [-0.2, 0) is 4.74 Å². The monoisotopic (exact) mass is 178 g/mol. The molecule has 1 aromatic rings. The summed E-state index contributed by atoms with van der Waals surface area (Å²) in [5.74, 6) is 0.551. The van der Waals surface area contributed by atoms with Gasteiger partial charge < -0.3 is 10.1 Å². The number of ether oxygens (including phenoxy) is 1. The van der Waals surface area contributed by atoms with E-state index in [4.69, 9.17) is 10.00 Å². The zero-order valence-electron chi connectivity index (χ0n) is 7.32. The van der Waals surface area contributed by atoms with Crippen LogP contribution in [-0.4, -0.2) is 30.2 Å². The number of anilines is 1. The van der Waals surface area contributed by atoms with E-state index in [0.29, 0.717) is 24.5 Å². The fourth-order valence-corrected chi connectivity index (χ4v) is 0.824. The first-order valence-electron chi connectivity index (χ1n) is 3.81. The molecule has 1 aromatic heterocycles. The summed E-state index contributed by atoms with van der Waals surface area (Å²) in [7, 11) is 1.62. The summed E-state index contributed by atoms with van der Waals surface area (Å²) in [5.41, 5.74) is 0.443. The van der Waals surface area contributed by atoms with Crippen LogP contribution in [0.4, 0.5) is 5.82 Å². The fourth-order valence-electron chi connectivity index (χ4n) is 0.824. The quantitative estimate of drug-likeness (QED) is 0.676. The fraction of sp³-hybridized carbons (Fsp3) is 0.375. The second-order valence-corrected chi connectivity index (χ2v) is 2.32. The van der Waals surface area contributed by atoms with E-state index in [1.807, 2.05) is 6.07 Å². The lowest BCUT2D eigenvalue weighted by molar-refractivity contribution is 0.210. The molecule has 0 fully saturated rings. The Morgan fingerprint density at radius 3 is 3.23 bits per heavy atom. The molecule has 0 aliphatic heterocycles. The standard InChI is InChI=1S/C8H10N4O/c1-13-3-2-11-8-7(4-9)5-10-6-12-8/h5-6H,2-3H2,1H3,(H,10,11,12). The van der Waals surface area contributed by atoms with Crippen LogP contribution in [0, 0.1) is 11.3 Å². The normalized spacial score (nSPS) is 9.23. The van der Waals surface area contributed by atoms with Gasteiger partial charge in [-0.15, -0.1) is 0 Å². The minimum absolute atomic E-state index is 0.443. The molecule has 0 aliphatic rings. The number of hydrogen-bond donors (Lipinski definition) is 1. The van der Waals surface area contributed by atoms with Gasteiger partial charge in [0.1, 0.15) is 23.8 Å². The number of nitriles is 1. The molecular weight excluding hydrogens is 168 g/mol. The molecule has 5 heteroatoms. The molecule has 0 bridgehead atoms. The summed E-state index contributed by atoms with van der Waals surface area (Å²) in [5, 5.41) is 11.6. The molecule has 1 heterocycles. The average Bonchev–Trinajstić information content (AvgIpc) is 2.19. The Balaban J connectivity index is 2.60. The Labute approximate surface area is 76.4 Å². The molecule has 68 valence electrons. The summed E-state index contributed by atoms with van der Waals surface area (Å²) in [6.07, 6.45) is 2.87. The molecule has 0 unspecified atom stereocenters. The van der Waals surface area contributed by atoms with Crippen molar-refractivity contribution in [3.8, 4) is 6.07 Å². The van der Waals surface area contributed by atoms with Gasteiger partial charge in [0.05, 0.1) is 12.8 Å². The Bertz CT molecular complexity index is 307. The van der Waals surface area contributed by atoms with Crippen LogP contribution >= 0.6 is 0 Å².